The van der Waals surface area contributed by atoms with Gasteiger partial charge in [-0.1, -0.05) is 337 Å². The first-order chi connectivity index (χ1) is 50.7. The van der Waals surface area contributed by atoms with Crippen molar-refractivity contribution < 1.29 is 80.2 Å². The van der Waals surface area contributed by atoms with E-state index in [0.717, 1.165) is 116 Å². The maximum atomic E-state index is 13.1. The zero-order chi connectivity index (χ0) is 76.0. The second-order valence-corrected chi connectivity index (χ2v) is 31.0. The van der Waals surface area contributed by atoms with Gasteiger partial charge in [-0.05, 0) is 96.3 Å². The highest BCUT2D eigenvalue weighted by Gasteiger charge is 2.30. The van der Waals surface area contributed by atoms with Crippen molar-refractivity contribution in [2.45, 2.75) is 393 Å². The summed E-state index contributed by atoms with van der Waals surface area (Å²) < 4.78 is 68.6. The third kappa shape index (κ3) is 76.4. The predicted molar refractivity (Wildman–Crippen MR) is 427 cm³/mol. The van der Waals surface area contributed by atoms with Crippen molar-refractivity contribution in [3.63, 3.8) is 0 Å². The quantitative estimate of drug-likeness (QED) is 0.0169. The average Bonchev–Trinajstić information content (AvgIpc) is 0.943. The summed E-state index contributed by atoms with van der Waals surface area (Å²) in [6, 6.07) is 0. The van der Waals surface area contributed by atoms with Crippen LogP contribution in [0.4, 0.5) is 0 Å². The third-order valence-electron chi connectivity index (χ3n) is 17.9. The third-order valence-corrected chi connectivity index (χ3v) is 19.8. The predicted octanol–water partition coefficient (Wildman–Crippen LogP) is 24.6. The van der Waals surface area contributed by atoms with E-state index in [1.807, 2.05) is 18.2 Å². The normalized spacial score (nSPS) is 14.3. The van der Waals surface area contributed by atoms with Crippen molar-refractivity contribution in [2.24, 2.45) is 0 Å². The van der Waals surface area contributed by atoms with Crippen LogP contribution in [-0.2, 0) is 65.4 Å². The molecule has 104 heavy (non-hydrogen) atoms. The van der Waals surface area contributed by atoms with Crippen molar-refractivity contribution in [1.29, 1.82) is 0 Å². The Morgan fingerprint density at radius 3 is 0.798 bits per heavy atom. The molecule has 0 aromatic heterocycles. The first-order valence-corrected chi connectivity index (χ1v) is 44.8. The molecule has 0 aliphatic rings. The summed E-state index contributed by atoms with van der Waals surface area (Å²) in [5.41, 5.74) is 0. The van der Waals surface area contributed by atoms with Crippen LogP contribution in [-0.4, -0.2) is 96.7 Å². The summed E-state index contributed by atoms with van der Waals surface area (Å²) in [5, 5.41) is 10.7. The Morgan fingerprint density at radius 2 is 0.490 bits per heavy atom. The lowest BCUT2D eigenvalue weighted by molar-refractivity contribution is -0.161. The van der Waals surface area contributed by atoms with E-state index in [2.05, 4.69) is 94.5 Å². The number of aliphatic hydroxyl groups excluding tert-OH is 1. The highest BCUT2D eigenvalue weighted by molar-refractivity contribution is 7.47. The van der Waals surface area contributed by atoms with Crippen LogP contribution in [0.2, 0.25) is 0 Å². The zero-order valence-corrected chi connectivity index (χ0v) is 68.0. The summed E-state index contributed by atoms with van der Waals surface area (Å²) in [6.07, 6.45) is 81.3. The second kappa shape index (κ2) is 77.4. The molecule has 0 saturated heterocycles. The fraction of sp³-hybridized carbons (Fsp3) is 0.788. The monoisotopic (exact) mass is 1510 g/mol. The summed E-state index contributed by atoms with van der Waals surface area (Å²) in [7, 11) is -9.98. The number of allylic oxidation sites excluding steroid dienone is 14. The molecule has 3 N–H and O–H groups in total. The van der Waals surface area contributed by atoms with E-state index >= 15 is 0 Å². The lowest BCUT2D eigenvalue weighted by atomic mass is 10.0. The summed E-state index contributed by atoms with van der Waals surface area (Å²) in [6.45, 7) is 4.80. The van der Waals surface area contributed by atoms with Crippen LogP contribution in [0.1, 0.15) is 374 Å². The number of carbonyl (C=O) groups excluding carboxylic acids is 4. The Morgan fingerprint density at radius 1 is 0.269 bits per heavy atom. The van der Waals surface area contributed by atoms with Crippen LogP contribution in [0.15, 0.2) is 85.1 Å². The smallest absolute Gasteiger partial charge is 0.462 e. The zero-order valence-electron chi connectivity index (χ0n) is 66.2. The Hall–Kier alpha value is -3.76. The molecule has 0 aromatic rings. The number of ether oxygens (including phenoxy) is 4. The van der Waals surface area contributed by atoms with Gasteiger partial charge in [-0.2, -0.15) is 0 Å². The van der Waals surface area contributed by atoms with Gasteiger partial charge in [0.25, 0.3) is 0 Å². The van der Waals surface area contributed by atoms with Crippen LogP contribution in [0.3, 0.4) is 0 Å². The van der Waals surface area contributed by atoms with Gasteiger partial charge in [-0.3, -0.25) is 37.3 Å². The van der Waals surface area contributed by atoms with Crippen molar-refractivity contribution >= 4 is 39.5 Å². The van der Waals surface area contributed by atoms with Crippen molar-refractivity contribution in [3.8, 4) is 0 Å². The lowest BCUT2D eigenvalue weighted by Gasteiger charge is -2.21. The molecule has 0 radical (unpaired) electrons. The van der Waals surface area contributed by atoms with Gasteiger partial charge < -0.3 is 33.8 Å². The van der Waals surface area contributed by atoms with Gasteiger partial charge >= 0.3 is 39.5 Å². The molecule has 0 aliphatic carbocycles. The lowest BCUT2D eigenvalue weighted by Crippen LogP contribution is -2.30. The van der Waals surface area contributed by atoms with Crippen LogP contribution in [0, 0.1) is 0 Å². The summed E-state index contributed by atoms with van der Waals surface area (Å²) in [4.78, 5) is 73.1. The minimum atomic E-state index is -5.00. The van der Waals surface area contributed by atoms with E-state index in [1.165, 1.54) is 173 Å². The van der Waals surface area contributed by atoms with Crippen LogP contribution in [0.5, 0.6) is 0 Å². The molecule has 5 atom stereocenters. The number of hydrogen-bond acceptors (Lipinski definition) is 15. The average molecular weight is 1510 g/mol. The number of phosphoric ester groups is 2. The largest absolute Gasteiger partial charge is 0.472 e. The SMILES string of the molecule is CCCCC/C=C\C/C=C\C/C=C\C/C=C\C/C=C\CCC(=O)O[C@H](COC(=O)CCCCCCC/C=C\C/C=C\CCCCC)COP(=O)(O)OC[C@@H](O)COP(=O)(O)OC[C@@H](COC(=O)CCCCCCCCCCCCCCCCC)OC(=O)CCCCCCCCCCCCCCCCC. The second-order valence-electron chi connectivity index (χ2n) is 28.1. The van der Waals surface area contributed by atoms with Gasteiger partial charge in [0.1, 0.15) is 19.3 Å². The number of aliphatic hydroxyl groups is 1. The number of carbonyl (C=O) groups is 4. The maximum absolute atomic E-state index is 13.1. The number of rotatable bonds is 79. The molecule has 0 heterocycles. The van der Waals surface area contributed by atoms with E-state index in [9.17, 15) is 43.2 Å². The molecule has 0 fully saturated rings. The molecule has 0 saturated carbocycles. The van der Waals surface area contributed by atoms with Gasteiger partial charge in [-0.25, -0.2) is 9.13 Å². The standard InChI is InChI=1S/C85H152O17P2/c1-5-9-13-17-21-25-29-33-37-38-39-40-44-48-52-56-60-64-68-72-85(90)102-81(76-96-83(88)70-66-62-58-54-50-46-42-35-31-27-23-19-15-11-7-3)78-100-104(93,94)98-74-79(86)73-97-103(91,92)99-77-80(101-84(89)71-67-63-59-55-51-47-43-36-32-28-24-20-16-12-8-4)75-95-82(87)69-65-61-57-53-49-45-41-34-30-26-22-18-14-10-6-2/h21,23,25,27,33,35,37,39-40,42,48,52,60,64,79-81,86H,5-20,22,24,26,28-32,34,36,38,41,43-47,49-51,53-59,61-63,65-78H2,1-4H3,(H,91,92)(H,93,94)/b25-21-,27-23-,37-33-,40-39-,42-35-,52-48-,64-60-/t79-,80+,81+/m0/s1. The van der Waals surface area contributed by atoms with Gasteiger partial charge in [0.05, 0.1) is 26.4 Å². The number of hydrogen-bond donors (Lipinski definition) is 3. The van der Waals surface area contributed by atoms with Gasteiger partial charge in [0, 0.05) is 25.7 Å². The molecule has 0 aliphatic heterocycles. The molecule has 0 spiro atoms. The number of unbranched alkanes of at least 4 members (excludes halogenated alkanes) is 39. The van der Waals surface area contributed by atoms with E-state index in [0.29, 0.717) is 32.1 Å². The minimum absolute atomic E-state index is 0.0299. The van der Waals surface area contributed by atoms with Crippen molar-refractivity contribution in [3.05, 3.63) is 85.1 Å². The molecular weight excluding hydrogens is 1350 g/mol. The van der Waals surface area contributed by atoms with Gasteiger partial charge in [0.15, 0.2) is 12.2 Å². The highest BCUT2D eigenvalue weighted by atomic mass is 31.2. The Bertz CT molecular complexity index is 2300. The fourth-order valence-corrected chi connectivity index (χ4v) is 13.1. The van der Waals surface area contributed by atoms with Crippen LogP contribution < -0.4 is 0 Å². The van der Waals surface area contributed by atoms with E-state index in [1.54, 1.807) is 0 Å². The van der Waals surface area contributed by atoms with E-state index in [-0.39, 0.29) is 25.7 Å². The molecule has 0 bridgehead atoms. The molecule has 0 rings (SSSR count). The van der Waals surface area contributed by atoms with Crippen molar-refractivity contribution in [1.82, 2.24) is 0 Å². The van der Waals surface area contributed by atoms with Gasteiger partial charge in [0.2, 0.25) is 0 Å². The Labute approximate surface area is 634 Å². The van der Waals surface area contributed by atoms with E-state index in [4.69, 9.17) is 37.0 Å². The first-order valence-electron chi connectivity index (χ1n) is 41.8. The molecule has 0 aromatic carbocycles. The fourth-order valence-electron chi connectivity index (χ4n) is 11.5. The summed E-state index contributed by atoms with van der Waals surface area (Å²) >= 11 is 0. The van der Waals surface area contributed by atoms with Gasteiger partial charge in [-0.15, -0.1) is 0 Å². The molecule has 2 unspecified atom stereocenters. The number of phosphoric acid groups is 2. The van der Waals surface area contributed by atoms with Crippen molar-refractivity contribution in [2.75, 3.05) is 39.6 Å². The summed E-state index contributed by atoms with van der Waals surface area (Å²) in [5.74, 6) is -2.25. The molecule has 0 amide bonds. The number of esters is 4. The maximum Gasteiger partial charge on any atom is 0.472 e. The van der Waals surface area contributed by atoms with E-state index < -0.39 is 97.5 Å². The molecule has 17 nitrogen and oxygen atoms in total. The Balaban J connectivity index is 5.41. The van der Waals surface area contributed by atoms with Crippen LogP contribution >= 0.6 is 15.6 Å². The Kier molecular flexibility index (Phi) is 74.6. The first kappa shape index (κ1) is 100. The highest BCUT2D eigenvalue weighted by Crippen LogP contribution is 2.45. The molecular formula is C85H152O17P2. The topological polar surface area (TPSA) is 237 Å². The molecule has 19 heteroatoms. The van der Waals surface area contributed by atoms with Crippen LogP contribution in [0.25, 0.3) is 0 Å². The molecule has 604 valence electrons. The minimum Gasteiger partial charge on any atom is -0.462 e.